The number of aromatic amines is 1. The number of rotatable bonds is 9. The van der Waals surface area contributed by atoms with E-state index in [0.717, 1.165) is 6.20 Å². The molecule has 0 spiro atoms. The van der Waals surface area contributed by atoms with Crippen LogP contribution in [0.25, 0.3) is 0 Å². The Hall–Kier alpha value is -4.85. The van der Waals surface area contributed by atoms with E-state index in [9.17, 15) is 27.9 Å². The van der Waals surface area contributed by atoms with Gasteiger partial charge in [-0.05, 0) is 36.4 Å². The Morgan fingerprint density at radius 2 is 1.31 bits per heavy atom. The Morgan fingerprint density at radius 3 is 1.81 bits per heavy atom. The van der Waals surface area contributed by atoms with E-state index in [4.69, 9.17) is 18.9 Å². The zero-order valence-corrected chi connectivity index (χ0v) is 22.5. The summed E-state index contributed by atoms with van der Waals surface area (Å²) < 4.78 is 49.7. The maximum absolute atomic E-state index is 13.9. The van der Waals surface area contributed by atoms with Gasteiger partial charge in [0.1, 0.15) is 12.7 Å². The molecule has 0 amide bonds. The number of carbonyl (C=O) groups is 3. The number of ether oxygens (including phenoxy) is 4. The summed E-state index contributed by atoms with van der Waals surface area (Å²) in [7, 11) is -5.00. The molecule has 4 atom stereocenters. The fourth-order valence-electron chi connectivity index (χ4n) is 4.27. The standard InChI is InChI=1S/C29H24N2O10S/c32-24(19-10-4-1-5-11-19)38-18-22-23(40-25(33)20-12-6-2-7-13-20)29(35,42(36,37)28-30-16-17-31-28)27(39-22)41-26(34)21-14-8-3-9-15-21/h1-17,22-23,27,35H,18H2,(H,30,31)/t22-,23-,27-,29+/m1/s1. The number of aliphatic hydroxyl groups is 1. The van der Waals surface area contributed by atoms with Crippen LogP contribution in [0.15, 0.2) is 109 Å². The lowest BCUT2D eigenvalue weighted by Gasteiger charge is -2.31. The summed E-state index contributed by atoms with van der Waals surface area (Å²) >= 11 is 0. The van der Waals surface area contributed by atoms with E-state index in [1.165, 1.54) is 42.6 Å². The number of carbonyl (C=O) groups excluding carboxylic acids is 3. The van der Waals surface area contributed by atoms with Gasteiger partial charge < -0.3 is 29.0 Å². The number of H-pyrrole nitrogens is 1. The monoisotopic (exact) mass is 592 g/mol. The van der Waals surface area contributed by atoms with Crippen LogP contribution in [-0.2, 0) is 28.8 Å². The number of hydrogen-bond donors (Lipinski definition) is 2. The fraction of sp³-hybridized carbons (Fsp3) is 0.172. The van der Waals surface area contributed by atoms with Gasteiger partial charge in [0.05, 0.1) is 16.7 Å². The lowest BCUT2D eigenvalue weighted by atomic mass is 10.1. The highest BCUT2D eigenvalue weighted by molar-refractivity contribution is 7.92. The number of imidazole rings is 1. The summed E-state index contributed by atoms with van der Waals surface area (Å²) in [5.41, 5.74) is 0.231. The smallest absolute Gasteiger partial charge is 0.340 e. The van der Waals surface area contributed by atoms with Gasteiger partial charge in [-0.15, -0.1) is 0 Å². The van der Waals surface area contributed by atoms with Crippen LogP contribution in [0.5, 0.6) is 0 Å². The molecule has 1 fully saturated rings. The zero-order valence-electron chi connectivity index (χ0n) is 21.7. The molecule has 2 N–H and O–H groups in total. The molecule has 42 heavy (non-hydrogen) atoms. The van der Waals surface area contributed by atoms with Gasteiger partial charge in [-0.2, -0.15) is 0 Å². The van der Waals surface area contributed by atoms with Gasteiger partial charge in [-0.25, -0.2) is 27.8 Å². The molecule has 1 aliphatic rings. The normalized spacial score (nSPS) is 21.8. The molecule has 3 aromatic carbocycles. The van der Waals surface area contributed by atoms with E-state index in [1.54, 1.807) is 54.6 Å². The summed E-state index contributed by atoms with van der Waals surface area (Å²) in [5.74, 6) is -2.86. The van der Waals surface area contributed by atoms with Crippen LogP contribution in [0.1, 0.15) is 31.1 Å². The summed E-state index contributed by atoms with van der Waals surface area (Å²) in [5, 5.41) is 11.3. The van der Waals surface area contributed by atoms with Crippen molar-refractivity contribution < 1.29 is 46.9 Å². The lowest BCUT2D eigenvalue weighted by Crippen LogP contribution is -2.57. The van der Waals surface area contributed by atoms with Crippen LogP contribution in [0.4, 0.5) is 0 Å². The van der Waals surface area contributed by atoms with Gasteiger partial charge in [0.2, 0.25) is 5.16 Å². The van der Waals surface area contributed by atoms with Crippen LogP contribution >= 0.6 is 0 Å². The third-order valence-electron chi connectivity index (χ3n) is 6.39. The average molecular weight is 593 g/mol. The van der Waals surface area contributed by atoms with Gasteiger partial charge in [0, 0.05) is 12.4 Å². The van der Waals surface area contributed by atoms with Crippen molar-refractivity contribution in [3.63, 3.8) is 0 Å². The van der Waals surface area contributed by atoms with Crippen molar-refractivity contribution in [2.24, 2.45) is 0 Å². The second-order valence-electron chi connectivity index (χ2n) is 9.08. The molecule has 4 aromatic rings. The summed E-state index contributed by atoms with van der Waals surface area (Å²) in [6.07, 6.45) is -3.58. The first-order valence-electron chi connectivity index (χ1n) is 12.6. The van der Waals surface area contributed by atoms with Gasteiger partial charge in [0.25, 0.3) is 21.1 Å². The molecule has 216 valence electrons. The summed E-state index contributed by atoms with van der Waals surface area (Å²) in [4.78, 5) is 41.7. The Balaban J connectivity index is 1.54. The van der Waals surface area contributed by atoms with Crippen LogP contribution < -0.4 is 0 Å². The van der Waals surface area contributed by atoms with Crippen LogP contribution in [0.3, 0.4) is 0 Å². The Morgan fingerprint density at radius 1 is 0.810 bits per heavy atom. The lowest BCUT2D eigenvalue weighted by molar-refractivity contribution is -0.151. The molecular weight excluding hydrogens is 568 g/mol. The van der Waals surface area contributed by atoms with Crippen molar-refractivity contribution >= 4 is 27.7 Å². The number of sulfone groups is 1. The second-order valence-corrected chi connectivity index (χ2v) is 11.1. The number of esters is 3. The van der Waals surface area contributed by atoms with E-state index in [1.807, 2.05) is 0 Å². The third-order valence-corrected chi connectivity index (χ3v) is 8.41. The number of nitrogens with one attached hydrogen (secondary N) is 1. The van der Waals surface area contributed by atoms with Crippen molar-refractivity contribution in [3.8, 4) is 0 Å². The number of hydrogen-bond acceptors (Lipinski definition) is 11. The minimum absolute atomic E-state index is 0.0237. The molecule has 13 heteroatoms. The molecule has 0 bridgehead atoms. The van der Waals surface area contributed by atoms with E-state index < -0.39 is 62.9 Å². The van der Waals surface area contributed by atoms with Crippen molar-refractivity contribution in [2.75, 3.05) is 6.61 Å². The molecule has 0 unspecified atom stereocenters. The second kappa shape index (κ2) is 11.9. The minimum Gasteiger partial charge on any atom is -0.459 e. The molecule has 5 rings (SSSR count). The molecule has 12 nitrogen and oxygen atoms in total. The highest BCUT2D eigenvalue weighted by Gasteiger charge is 2.69. The topological polar surface area (TPSA) is 171 Å². The van der Waals surface area contributed by atoms with E-state index in [-0.39, 0.29) is 16.7 Å². The van der Waals surface area contributed by atoms with E-state index in [2.05, 4.69) is 9.97 Å². The Bertz CT molecular complexity index is 1650. The Labute approximate surface area is 239 Å². The maximum Gasteiger partial charge on any atom is 0.340 e. The molecule has 0 radical (unpaired) electrons. The van der Waals surface area contributed by atoms with Crippen molar-refractivity contribution in [1.29, 1.82) is 0 Å². The highest BCUT2D eigenvalue weighted by atomic mass is 32.2. The average Bonchev–Trinajstić information content (AvgIpc) is 3.66. The highest BCUT2D eigenvalue weighted by Crippen LogP contribution is 2.42. The predicted octanol–water partition coefficient (Wildman–Crippen LogP) is 2.54. The summed E-state index contributed by atoms with van der Waals surface area (Å²) in [6, 6.07) is 23.0. The largest absolute Gasteiger partial charge is 0.459 e. The third kappa shape index (κ3) is 5.52. The number of benzene rings is 3. The van der Waals surface area contributed by atoms with Crippen molar-refractivity contribution in [3.05, 3.63) is 120 Å². The SMILES string of the molecule is O=C(OC[C@H]1O[C@H](OC(=O)c2ccccc2)[C@@](O)(S(=O)(=O)c2ncc[nH]2)[C@@H]1OC(=O)c1ccccc1)c1ccccc1. The van der Waals surface area contributed by atoms with Gasteiger partial charge in [-0.1, -0.05) is 54.6 Å². The molecule has 2 heterocycles. The van der Waals surface area contributed by atoms with Gasteiger partial charge in [0.15, 0.2) is 6.10 Å². The fourth-order valence-corrected chi connectivity index (χ4v) is 5.87. The van der Waals surface area contributed by atoms with Crippen LogP contribution in [-0.4, -0.2) is 71.4 Å². The Kier molecular flexibility index (Phi) is 8.15. The molecule has 1 aliphatic heterocycles. The molecule has 0 aliphatic carbocycles. The quantitative estimate of drug-likeness (QED) is 0.216. The van der Waals surface area contributed by atoms with Crippen molar-refractivity contribution in [2.45, 2.75) is 28.6 Å². The van der Waals surface area contributed by atoms with Crippen molar-refractivity contribution in [1.82, 2.24) is 9.97 Å². The first-order chi connectivity index (χ1) is 20.2. The van der Waals surface area contributed by atoms with Gasteiger partial charge >= 0.3 is 17.9 Å². The summed E-state index contributed by atoms with van der Waals surface area (Å²) in [6.45, 7) is -0.685. The number of nitrogens with zero attached hydrogens (tertiary/aromatic N) is 1. The number of aromatic nitrogens is 2. The van der Waals surface area contributed by atoms with E-state index in [0.29, 0.717) is 0 Å². The van der Waals surface area contributed by atoms with Crippen LogP contribution in [0.2, 0.25) is 0 Å². The molecular formula is C29H24N2O10S. The first kappa shape index (κ1) is 28.7. The zero-order chi connectivity index (χ0) is 29.7. The predicted molar refractivity (Wildman–Crippen MR) is 144 cm³/mol. The first-order valence-corrected chi connectivity index (χ1v) is 14.1. The molecule has 0 saturated carbocycles. The molecule has 1 saturated heterocycles. The van der Waals surface area contributed by atoms with Gasteiger partial charge in [-0.3, -0.25) is 0 Å². The molecule has 1 aromatic heterocycles. The maximum atomic E-state index is 13.9. The van der Waals surface area contributed by atoms with Crippen LogP contribution in [0, 0.1) is 0 Å². The van der Waals surface area contributed by atoms with E-state index >= 15 is 0 Å². The minimum atomic E-state index is -5.00.